The molecule has 8 heteroatoms. The number of nitrogens with zero attached hydrogens (tertiary/aromatic N) is 3. The van der Waals surface area contributed by atoms with Crippen LogP contribution in [-0.4, -0.2) is 31.0 Å². The summed E-state index contributed by atoms with van der Waals surface area (Å²) in [7, 11) is 0. The molecule has 0 amide bonds. The van der Waals surface area contributed by atoms with Crippen molar-refractivity contribution in [3.05, 3.63) is 66.0 Å². The molecule has 1 unspecified atom stereocenters. The van der Waals surface area contributed by atoms with E-state index >= 15 is 0 Å². The first-order valence-electron chi connectivity index (χ1n) is 9.61. The summed E-state index contributed by atoms with van der Waals surface area (Å²) in [6.07, 6.45) is 1.76. The molecule has 29 heavy (non-hydrogen) atoms. The van der Waals surface area contributed by atoms with Crippen LogP contribution in [0.15, 0.2) is 48.9 Å². The predicted molar refractivity (Wildman–Crippen MR) is 101 cm³/mol. The zero-order valence-corrected chi connectivity index (χ0v) is 16.1. The highest BCUT2D eigenvalue weighted by Gasteiger charge is 2.58. The molecule has 2 N–H and O–H groups in total. The normalized spacial score (nSPS) is 18.2. The summed E-state index contributed by atoms with van der Waals surface area (Å²) in [6, 6.07) is 9.16. The molecule has 1 aliphatic rings. The topological polar surface area (TPSA) is 66.7 Å². The number of alkyl halides is 3. The molecule has 0 aliphatic heterocycles. The molecule has 1 fully saturated rings. The smallest absolute Gasteiger partial charge is 0.385 e. The summed E-state index contributed by atoms with van der Waals surface area (Å²) in [5.41, 5.74) is -0.829. The Morgan fingerprint density at radius 1 is 1.21 bits per heavy atom. The Morgan fingerprint density at radius 3 is 2.48 bits per heavy atom. The van der Waals surface area contributed by atoms with Gasteiger partial charge in [0, 0.05) is 37.1 Å². The monoisotopic (exact) mass is 404 g/mol. The van der Waals surface area contributed by atoms with Crippen LogP contribution in [0, 0.1) is 5.41 Å². The number of halogens is 3. The molecule has 1 aromatic carbocycles. The number of benzene rings is 1. The number of H-pyrrole nitrogens is 1. The van der Waals surface area contributed by atoms with E-state index in [9.17, 15) is 18.3 Å². The summed E-state index contributed by atoms with van der Waals surface area (Å²) >= 11 is 0. The fourth-order valence-electron chi connectivity index (χ4n) is 3.94. The van der Waals surface area contributed by atoms with E-state index in [0.29, 0.717) is 23.5 Å². The van der Waals surface area contributed by atoms with Gasteiger partial charge in [-0.1, -0.05) is 18.6 Å². The van der Waals surface area contributed by atoms with Gasteiger partial charge < -0.3 is 10.1 Å². The largest absolute Gasteiger partial charge is 0.394 e. The highest BCUT2D eigenvalue weighted by atomic mass is 19.4. The summed E-state index contributed by atoms with van der Waals surface area (Å²) in [5.74, 6) is 0.470. The second kappa shape index (κ2) is 7.02. The number of aliphatic hydroxyl groups is 1. The van der Waals surface area contributed by atoms with Gasteiger partial charge in [0.15, 0.2) is 0 Å². The van der Waals surface area contributed by atoms with Gasteiger partial charge in [0.1, 0.15) is 5.82 Å². The maximum absolute atomic E-state index is 13.4. The fourth-order valence-corrected chi connectivity index (χ4v) is 3.94. The molecule has 4 rings (SSSR count). The summed E-state index contributed by atoms with van der Waals surface area (Å²) in [6.45, 7) is 1.67. The number of hydrogen-bond acceptors (Lipinski definition) is 3. The lowest BCUT2D eigenvalue weighted by Gasteiger charge is -2.42. The standard InChI is InChI=1S/C21H23F3N4O/c1-19(29,15-4-6-17(7-5-15)28-11-3-10-26-28)13-18-25-14-16(27-18)12-20(8-2-9-20)21(22,23)24/h3-7,10-11,14,29H,2,8-9,12-13H2,1H3,(H,25,27). The third-order valence-electron chi connectivity index (χ3n) is 5.89. The molecule has 2 aromatic heterocycles. The average molecular weight is 404 g/mol. The van der Waals surface area contributed by atoms with Crippen molar-refractivity contribution in [3.63, 3.8) is 0 Å². The van der Waals surface area contributed by atoms with Crippen molar-refractivity contribution in [3.8, 4) is 5.69 Å². The van der Waals surface area contributed by atoms with Crippen molar-refractivity contribution < 1.29 is 18.3 Å². The number of aromatic nitrogens is 4. The maximum Gasteiger partial charge on any atom is 0.394 e. The van der Waals surface area contributed by atoms with Crippen LogP contribution >= 0.6 is 0 Å². The Kier molecular flexibility index (Phi) is 4.77. The third-order valence-corrected chi connectivity index (χ3v) is 5.89. The molecular weight excluding hydrogens is 381 g/mol. The van der Waals surface area contributed by atoms with E-state index in [0.717, 1.165) is 5.69 Å². The Hall–Kier alpha value is -2.61. The zero-order chi connectivity index (χ0) is 20.7. The summed E-state index contributed by atoms with van der Waals surface area (Å²) in [5, 5.41) is 15.1. The van der Waals surface area contributed by atoms with E-state index in [1.807, 2.05) is 36.5 Å². The van der Waals surface area contributed by atoms with Crippen molar-refractivity contribution >= 4 is 0 Å². The number of aromatic amines is 1. The molecule has 0 bridgehead atoms. The Morgan fingerprint density at radius 2 is 1.93 bits per heavy atom. The van der Waals surface area contributed by atoms with Crippen LogP contribution in [0.25, 0.3) is 5.69 Å². The van der Waals surface area contributed by atoms with E-state index in [2.05, 4.69) is 15.1 Å². The lowest BCUT2D eigenvalue weighted by molar-refractivity contribution is -0.250. The van der Waals surface area contributed by atoms with Crippen LogP contribution in [0.2, 0.25) is 0 Å². The molecule has 154 valence electrons. The molecule has 2 heterocycles. The van der Waals surface area contributed by atoms with E-state index in [1.165, 1.54) is 6.20 Å². The van der Waals surface area contributed by atoms with Gasteiger partial charge in [-0.05, 0) is 43.5 Å². The number of hydrogen-bond donors (Lipinski definition) is 2. The molecule has 0 spiro atoms. The number of rotatable bonds is 6. The van der Waals surface area contributed by atoms with Crippen LogP contribution in [0.3, 0.4) is 0 Å². The van der Waals surface area contributed by atoms with Crippen molar-refractivity contribution in [1.29, 1.82) is 0 Å². The second-order valence-corrected chi connectivity index (χ2v) is 8.11. The Balaban J connectivity index is 1.46. The fraction of sp³-hybridized carbons (Fsp3) is 0.429. The van der Waals surface area contributed by atoms with Gasteiger partial charge in [-0.3, -0.25) is 0 Å². The highest BCUT2D eigenvalue weighted by Crippen LogP contribution is 2.54. The number of nitrogens with one attached hydrogen (secondary N) is 1. The molecule has 3 aromatic rings. The molecule has 1 aliphatic carbocycles. The average Bonchev–Trinajstić information content (AvgIpc) is 3.29. The molecule has 1 atom stereocenters. The first kappa shape index (κ1) is 19.7. The molecule has 1 saturated carbocycles. The SMILES string of the molecule is CC(O)(Cc1ncc(CC2(C(F)(F)F)CCC2)[nH]1)c1ccc(-n2cccn2)cc1. The lowest BCUT2D eigenvalue weighted by atomic mass is 9.65. The van der Waals surface area contributed by atoms with Crippen LogP contribution in [0.5, 0.6) is 0 Å². The van der Waals surface area contributed by atoms with E-state index in [-0.39, 0.29) is 25.7 Å². The van der Waals surface area contributed by atoms with Crippen LogP contribution in [0.1, 0.15) is 43.3 Å². The predicted octanol–water partition coefficient (Wildman–Crippen LogP) is 4.32. The third kappa shape index (κ3) is 3.81. The summed E-state index contributed by atoms with van der Waals surface area (Å²) < 4.78 is 41.9. The zero-order valence-electron chi connectivity index (χ0n) is 16.1. The van der Waals surface area contributed by atoms with E-state index < -0.39 is 17.2 Å². The van der Waals surface area contributed by atoms with Crippen molar-refractivity contribution in [2.75, 3.05) is 0 Å². The van der Waals surface area contributed by atoms with Gasteiger partial charge in [0.25, 0.3) is 0 Å². The number of imidazole rings is 1. The van der Waals surface area contributed by atoms with Crippen molar-refractivity contribution in [1.82, 2.24) is 19.7 Å². The minimum atomic E-state index is -4.21. The molecular formula is C21H23F3N4O. The molecule has 5 nitrogen and oxygen atoms in total. The quantitative estimate of drug-likeness (QED) is 0.643. The van der Waals surface area contributed by atoms with Crippen LogP contribution < -0.4 is 0 Å². The minimum Gasteiger partial charge on any atom is -0.385 e. The lowest BCUT2D eigenvalue weighted by Crippen LogP contribution is -2.45. The second-order valence-electron chi connectivity index (χ2n) is 8.11. The van der Waals surface area contributed by atoms with Gasteiger partial charge in [-0.2, -0.15) is 18.3 Å². The van der Waals surface area contributed by atoms with Crippen molar-refractivity contribution in [2.24, 2.45) is 5.41 Å². The van der Waals surface area contributed by atoms with Crippen LogP contribution in [-0.2, 0) is 18.4 Å². The summed E-state index contributed by atoms with van der Waals surface area (Å²) in [4.78, 5) is 7.20. The molecule has 0 saturated heterocycles. The first-order valence-corrected chi connectivity index (χ1v) is 9.61. The maximum atomic E-state index is 13.4. The van der Waals surface area contributed by atoms with Gasteiger partial charge in [-0.25, -0.2) is 9.67 Å². The van der Waals surface area contributed by atoms with Gasteiger partial charge in [0.2, 0.25) is 0 Å². The molecule has 0 radical (unpaired) electrons. The highest BCUT2D eigenvalue weighted by molar-refractivity contribution is 5.36. The Bertz CT molecular complexity index is 955. The first-order chi connectivity index (χ1) is 13.7. The van der Waals surface area contributed by atoms with E-state index in [1.54, 1.807) is 17.8 Å². The van der Waals surface area contributed by atoms with Gasteiger partial charge in [0.05, 0.1) is 16.7 Å². The Labute approximate surface area is 166 Å². The van der Waals surface area contributed by atoms with Crippen molar-refractivity contribution in [2.45, 2.75) is 50.8 Å². The minimum absolute atomic E-state index is 0.0930. The van der Waals surface area contributed by atoms with Gasteiger partial charge >= 0.3 is 6.18 Å². The van der Waals surface area contributed by atoms with Gasteiger partial charge in [-0.15, -0.1) is 0 Å². The van der Waals surface area contributed by atoms with Crippen LogP contribution in [0.4, 0.5) is 13.2 Å². The van der Waals surface area contributed by atoms with E-state index in [4.69, 9.17) is 0 Å².